The van der Waals surface area contributed by atoms with Gasteiger partial charge in [0.15, 0.2) is 0 Å². The van der Waals surface area contributed by atoms with E-state index in [1.165, 1.54) is 18.2 Å². The van der Waals surface area contributed by atoms with Crippen LogP contribution in [0.25, 0.3) is 0 Å². The number of carbonyl (C=O) groups excluding carboxylic acids is 1. The molecule has 0 spiro atoms. The van der Waals surface area contributed by atoms with E-state index < -0.39 is 11.9 Å². The summed E-state index contributed by atoms with van der Waals surface area (Å²) in [7, 11) is 0. The van der Waals surface area contributed by atoms with Crippen molar-refractivity contribution in [2.45, 2.75) is 0 Å². The van der Waals surface area contributed by atoms with Gasteiger partial charge >= 0.3 is 11.9 Å². The van der Waals surface area contributed by atoms with E-state index in [4.69, 9.17) is 5.11 Å². The summed E-state index contributed by atoms with van der Waals surface area (Å²) in [4.78, 5) is 21.9. The molecule has 0 aliphatic carbocycles. The zero-order chi connectivity index (χ0) is 14.8. The Morgan fingerprint density at radius 1 is 1.05 bits per heavy atom. The topological polar surface area (TPSA) is 63.6 Å². The van der Waals surface area contributed by atoms with E-state index in [-0.39, 0.29) is 11.1 Å². The molecule has 0 atom stereocenters. The fraction of sp³-hybridized carbons (Fsp3) is 0. The second-order valence-electron chi connectivity index (χ2n) is 3.50. The lowest BCUT2D eigenvalue weighted by molar-refractivity contribution is 0.0632. The lowest BCUT2D eigenvalue weighted by Gasteiger charge is -2.02. The standard InChI is InChI=1S/C10H8O4.C6H5/c1-2-14-10(13)8-6-4-3-5-7(8)9(11)12;1-2-4-6-5-3-1/h2-6H,1H2,(H,11,12);1-5H. The molecule has 0 bridgehead atoms. The molecule has 1 radical (unpaired) electrons. The molecule has 0 heterocycles. The van der Waals surface area contributed by atoms with Crippen LogP contribution >= 0.6 is 0 Å². The number of aromatic carboxylic acids is 1. The monoisotopic (exact) mass is 269 g/mol. The quantitative estimate of drug-likeness (QED) is 0.686. The first-order valence-electron chi connectivity index (χ1n) is 5.72. The van der Waals surface area contributed by atoms with Gasteiger partial charge in [-0.05, 0) is 18.2 Å². The average Bonchev–Trinajstić information content (AvgIpc) is 2.50. The number of benzene rings is 2. The summed E-state index contributed by atoms with van der Waals surface area (Å²) in [5.74, 6) is -1.89. The molecule has 0 aliphatic rings. The van der Waals surface area contributed by atoms with Crippen LogP contribution in [-0.2, 0) is 4.74 Å². The number of hydrogen-bond donors (Lipinski definition) is 1. The van der Waals surface area contributed by atoms with Crippen molar-refractivity contribution in [3.8, 4) is 0 Å². The molecular weight excluding hydrogens is 256 g/mol. The Hall–Kier alpha value is -2.88. The first kappa shape index (κ1) is 15.2. The normalized spacial score (nSPS) is 8.80. The van der Waals surface area contributed by atoms with Crippen molar-refractivity contribution in [3.63, 3.8) is 0 Å². The van der Waals surface area contributed by atoms with Crippen LogP contribution in [0.3, 0.4) is 0 Å². The van der Waals surface area contributed by atoms with Crippen molar-refractivity contribution in [2.24, 2.45) is 0 Å². The highest BCUT2D eigenvalue weighted by Gasteiger charge is 2.15. The molecule has 0 aliphatic heterocycles. The van der Waals surface area contributed by atoms with Gasteiger partial charge in [0.2, 0.25) is 0 Å². The number of rotatable bonds is 3. The summed E-state index contributed by atoms with van der Waals surface area (Å²) in [5, 5.41) is 8.75. The molecule has 101 valence electrons. The number of carbonyl (C=O) groups is 2. The number of carboxylic acids is 1. The first-order valence-corrected chi connectivity index (χ1v) is 5.72. The lowest BCUT2D eigenvalue weighted by Crippen LogP contribution is -2.09. The molecule has 0 unspecified atom stereocenters. The van der Waals surface area contributed by atoms with Crippen LogP contribution in [0.1, 0.15) is 20.7 Å². The molecule has 4 nitrogen and oxygen atoms in total. The fourth-order valence-corrected chi connectivity index (χ4v) is 1.33. The highest BCUT2D eigenvalue weighted by molar-refractivity contribution is 6.02. The van der Waals surface area contributed by atoms with Crippen molar-refractivity contribution in [2.75, 3.05) is 0 Å². The second kappa shape index (κ2) is 8.26. The predicted molar refractivity (Wildman–Crippen MR) is 74.3 cm³/mol. The van der Waals surface area contributed by atoms with Gasteiger partial charge in [0, 0.05) is 0 Å². The maximum absolute atomic E-state index is 11.2. The molecule has 0 fully saturated rings. The van der Waals surface area contributed by atoms with E-state index in [1.807, 2.05) is 30.3 Å². The largest absolute Gasteiger partial charge is 0.478 e. The average molecular weight is 269 g/mol. The minimum absolute atomic E-state index is 0.0138. The molecule has 0 saturated heterocycles. The van der Waals surface area contributed by atoms with Crippen LogP contribution in [0, 0.1) is 6.07 Å². The Bertz CT molecular complexity index is 549. The second-order valence-corrected chi connectivity index (χ2v) is 3.50. The van der Waals surface area contributed by atoms with E-state index in [9.17, 15) is 9.59 Å². The van der Waals surface area contributed by atoms with Crippen molar-refractivity contribution in [1.82, 2.24) is 0 Å². The maximum Gasteiger partial charge on any atom is 0.343 e. The van der Waals surface area contributed by atoms with Gasteiger partial charge in [-0.2, -0.15) is 0 Å². The van der Waals surface area contributed by atoms with Crippen molar-refractivity contribution >= 4 is 11.9 Å². The summed E-state index contributed by atoms with van der Waals surface area (Å²) in [6.45, 7) is 3.21. The van der Waals surface area contributed by atoms with Gasteiger partial charge < -0.3 is 9.84 Å². The molecule has 1 N–H and O–H groups in total. The van der Waals surface area contributed by atoms with Gasteiger partial charge in [0.1, 0.15) is 0 Å². The minimum Gasteiger partial charge on any atom is -0.478 e. The van der Waals surface area contributed by atoms with Crippen LogP contribution in [0.2, 0.25) is 0 Å². The Labute approximate surface area is 116 Å². The molecule has 0 amide bonds. The van der Waals surface area contributed by atoms with E-state index in [0.717, 1.165) is 6.26 Å². The van der Waals surface area contributed by atoms with Crippen LogP contribution in [0.5, 0.6) is 0 Å². The van der Waals surface area contributed by atoms with E-state index in [1.54, 1.807) is 6.07 Å². The number of esters is 1. The zero-order valence-electron chi connectivity index (χ0n) is 10.7. The smallest absolute Gasteiger partial charge is 0.343 e. The molecular formula is C16H13O4. The van der Waals surface area contributed by atoms with E-state index in [0.29, 0.717) is 0 Å². The molecule has 0 saturated carbocycles. The molecule has 4 heteroatoms. The third-order valence-electron chi connectivity index (χ3n) is 2.17. The van der Waals surface area contributed by atoms with Gasteiger partial charge in [-0.3, -0.25) is 0 Å². The van der Waals surface area contributed by atoms with Crippen molar-refractivity contribution in [1.29, 1.82) is 0 Å². The Balaban J connectivity index is 0.000000276. The summed E-state index contributed by atoms with van der Waals surface area (Å²) in [6, 6.07) is 18.3. The van der Waals surface area contributed by atoms with Crippen LogP contribution in [-0.4, -0.2) is 17.0 Å². The Morgan fingerprint density at radius 3 is 2.05 bits per heavy atom. The van der Waals surface area contributed by atoms with Crippen molar-refractivity contribution < 1.29 is 19.4 Å². The molecule has 20 heavy (non-hydrogen) atoms. The van der Waals surface area contributed by atoms with Crippen LogP contribution in [0.15, 0.2) is 67.4 Å². The predicted octanol–water partition coefficient (Wildman–Crippen LogP) is 3.17. The number of carboxylic acid groups (broad SMARTS) is 1. The van der Waals surface area contributed by atoms with Gasteiger partial charge in [-0.25, -0.2) is 9.59 Å². The SMILES string of the molecule is C=COC(=O)c1ccccc1C(=O)O.[c]1ccccc1. The lowest BCUT2D eigenvalue weighted by atomic mass is 10.1. The van der Waals surface area contributed by atoms with Crippen LogP contribution in [0.4, 0.5) is 0 Å². The Kier molecular flexibility index (Phi) is 6.27. The number of hydrogen-bond acceptors (Lipinski definition) is 3. The minimum atomic E-state index is -1.17. The van der Waals surface area contributed by atoms with E-state index >= 15 is 0 Å². The third kappa shape index (κ3) is 4.78. The third-order valence-corrected chi connectivity index (χ3v) is 2.17. The molecule has 2 aromatic carbocycles. The zero-order valence-corrected chi connectivity index (χ0v) is 10.7. The summed E-state index contributed by atoms with van der Waals surface area (Å²) in [5.41, 5.74) is -0.0701. The highest BCUT2D eigenvalue weighted by Crippen LogP contribution is 2.10. The van der Waals surface area contributed by atoms with Gasteiger partial charge in [-0.1, -0.05) is 49.0 Å². The summed E-state index contributed by atoms with van der Waals surface area (Å²) < 4.78 is 4.48. The summed E-state index contributed by atoms with van der Waals surface area (Å²) in [6.07, 6.45) is 0.959. The summed E-state index contributed by atoms with van der Waals surface area (Å²) >= 11 is 0. The van der Waals surface area contributed by atoms with Gasteiger partial charge in [0.05, 0.1) is 17.4 Å². The maximum atomic E-state index is 11.2. The van der Waals surface area contributed by atoms with Gasteiger partial charge in [-0.15, -0.1) is 0 Å². The van der Waals surface area contributed by atoms with E-state index in [2.05, 4.69) is 17.4 Å². The van der Waals surface area contributed by atoms with Gasteiger partial charge in [0.25, 0.3) is 0 Å². The number of ether oxygens (including phenoxy) is 1. The van der Waals surface area contributed by atoms with Crippen LogP contribution < -0.4 is 0 Å². The first-order chi connectivity index (χ1) is 9.66. The molecule has 0 aromatic heterocycles. The molecule has 2 aromatic rings. The highest BCUT2D eigenvalue weighted by atomic mass is 16.5. The molecule has 2 rings (SSSR count). The fourth-order valence-electron chi connectivity index (χ4n) is 1.33. The Morgan fingerprint density at radius 2 is 1.65 bits per heavy atom. The van der Waals surface area contributed by atoms with Crippen molar-refractivity contribution in [3.05, 3.63) is 84.6 Å².